The predicted molar refractivity (Wildman–Crippen MR) is 198 cm³/mol. The van der Waals surface area contributed by atoms with Crippen LogP contribution in [-0.2, 0) is 5.41 Å². The summed E-state index contributed by atoms with van der Waals surface area (Å²) in [5.74, 6) is 2.32. The smallest absolute Gasteiger partial charge is 0.160 e. The van der Waals surface area contributed by atoms with Gasteiger partial charge in [0, 0.05) is 33.4 Å². The van der Waals surface area contributed by atoms with Crippen LogP contribution in [0.3, 0.4) is 0 Å². The zero-order chi connectivity index (χ0) is 32.6. The molecule has 0 unspecified atom stereocenters. The van der Waals surface area contributed by atoms with E-state index in [4.69, 9.17) is 19.9 Å². The van der Waals surface area contributed by atoms with Gasteiger partial charge in [-0.2, -0.15) is 0 Å². The number of hydrogen-bond acceptors (Lipinski definition) is 4. The van der Waals surface area contributed by atoms with Crippen molar-refractivity contribution in [3.8, 4) is 67.8 Å². The van der Waals surface area contributed by atoms with Crippen molar-refractivity contribution in [1.82, 2.24) is 19.9 Å². The molecular weight excluding hydrogens is 597 g/mol. The lowest BCUT2D eigenvalue weighted by Crippen LogP contribution is -2.19. The molecule has 9 rings (SSSR count). The van der Waals surface area contributed by atoms with Crippen LogP contribution in [-0.4, -0.2) is 19.9 Å². The van der Waals surface area contributed by atoms with Crippen LogP contribution < -0.4 is 0 Å². The van der Waals surface area contributed by atoms with Crippen molar-refractivity contribution in [3.63, 3.8) is 0 Å². The molecule has 0 radical (unpaired) electrons. The van der Waals surface area contributed by atoms with E-state index < -0.39 is 0 Å². The summed E-state index contributed by atoms with van der Waals surface area (Å²) in [7, 11) is 0. The van der Waals surface area contributed by atoms with E-state index >= 15 is 0 Å². The monoisotopic (exact) mass is 632 g/mol. The van der Waals surface area contributed by atoms with Gasteiger partial charge < -0.3 is 0 Å². The van der Waals surface area contributed by atoms with E-state index in [1.165, 1.54) is 37.7 Å². The molecular formula is C45H36N4. The fourth-order valence-electron chi connectivity index (χ4n) is 7.95. The maximum absolute atomic E-state index is 5.14. The van der Waals surface area contributed by atoms with Crippen molar-refractivity contribution >= 4 is 0 Å². The Morgan fingerprint density at radius 3 is 1.29 bits per heavy atom. The lowest BCUT2D eigenvalue weighted by molar-refractivity contribution is 0.419. The average molecular weight is 633 g/mol. The molecule has 2 fully saturated rings. The van der Waals surface area contributed by atoms with Crippen LogP contribution in [0.2, 0.25) is 0 Å². The molecule has 2 aliphatic carbocycles. The molecule has 2 aliphatic rings. The standard InChI is InChI=1S/C45H36N4/c1-4-11-32(12-5-1)39-28-40(33-13-6-2-7-14-33)47-44(46-39)36-21-19-34(20-22-36)41-29-42(49-43(48-41)35-15-8-3-9-16-35)37-17-10-18-38(27-37)45-25-23-31(30-45)24-26-45/h1-22,27-29,31H,23-26,30H2. The summed E-state index contributed by atoms with van der Waals surface area (Å²) in [6, 6.07) is 52.7. The summed E-state index contributed by atoms with van der Waals surface area (Å²) in [5, 5.41) is 0. The van der Waals surface area contributed by atoms with E-state index in [1.54, 1.807) is 0 Å². The van der Waals surface area contributed by atoms with Gasteiger partial charge in [-0.1, -0.05) is 133 Å². The highest BCUT2D eigenvalue weighted by molar-refractivity contribution is 5.75. The summed E-state index contributed by atoms with van der Waals surface area (Å²) in [6.45, 7) is 0. The Balaban J connectivity index is 1.11. The maximum Gasteiger partial charge on any atom is 0.160 e. The van der Waals surface area contributed by atoms with Gasteiger partial charge in [-0.3, -0.25) is 0 Å². The third-order valence-electron chi connectivity index (χ3n) is 10.6. The largest absolute Gasteiger partial charge is 0.228 e. The predicted octanol–water partition coefficient (Wildman–Crippen LogP) is 11.1. The van der Waals surface area contributed by atoms with Gasteiger partial charge in [0.2, 0.25) is 0 Å². The highest BCUT2D eigenvalue weighted by atomic mass is 14.9. The third-order valence-corrected chi connectivity index (χ3v) is 10.6. The lowest BCUT2D eigenvalue weighted by Gasteiger charge is -2.27. The Bertz CT molecular complexity index is 2180. The molecule has 2 heterocycles. The normalized spacial score (nSPS) is 18.1. The molecule has 4 heteroatoms. The highest BCUT2D eigenvalue weighted by Crippen LogP contribution is 2.55. The Hall–Kier alpha value is -5.74. The summed E-state index contributed by atoms with van der Waals surface area (Å²) in [6.07, 6.45) is 6.68. The fourth-order valence-corrected chi connectivity index (χ4v) is 7.95. The molecule has 236 valence electrons. The minimum absolute atomic E-state index is 0.342. The number of rotatable bonds is 7. The molecule has 0 N–H and O–H groups in total. The molecule has 5 aromatic carbocycles. The molecule has 0 aliphatic heterocycles. The Labute approximate surface area is 287 Å². The zero-order valence-electron chi connectivity index (χ0n) is 27.3. The van der Waals surface area contributed by atoms with Gasteiger partial charge in [-0.25, -0.2) is 19.9 Å². The first-order chi connectivity index (χ1) is 24.2. The first-order valence-corrected chi connectivity index (χ1v) is 17.4. The van der Waals surface area contributed by atoms with Crippen LogP contribution in [0.15, 0.2) is 152 Å². The van der Waals surface area contributed by atoms with E-state index in [2.05, 4.69) is 97.1 Å². The quantitative estimate of drug-likeness (QED) is 0.175. The van der Waals surface area contributed by atoms with E-state index in [0.717, 1.165) is 67.9 Å². The maximum atomic E-state index is 5.14. The van der Waals surface area contributed by atoms with Crippen LogP contribution in [0.4, 0.5) is 0 Å². The lowest BCUT2D eigenvalue weighted by atomic mass is 9.77. The SMILES string of the molecule is c1ccc(-c2cc(-c3ccccc3)nc(-c3ccc(-c4cc(-c5cccc(C67CCC(CC6)C7)c5)nc(-c5ccccc5)n4)cc3)n2)cc1. The van der Waals surface area contributed by atoms with Gasteiger partial charge in [0.25, 0.3) is 0 Å². The van der Waals surface area contributed by atoms with E-state index in [9.17, 15) is 0 Å². The summed E-state index contributed by atoms with van der Waals surface area (Å²) in [5.41, 5.74) is 11.7. The molecule has 2 bridgehead atoms. The molecule has 7 aromatic rings. The fraction of sp³-hybridized carbons (Fsp3) is 0.156. The second kappa shape index (κ2) is 12.4. The topological polar surface area (TPSA) is 51.6 Å². The minimum Gasteiger partial charge on any atom is -0.228 e. The van der Waals surface area contributed by atoms with Gasteiger partial charge >= 0.3 is 0 Å². The Morgan fingerprint density at radius 2 is 0.796 bits per heavy atom. The van der Waals surface area contributed by atoms with Gasteiger partial charge in [0.1, 0.15) is 0 Å². The van der Waals surface area contributed by atoms with E-state index in [0.29, 0.717) is 11.2 Å². The van der Waals surface area contributed by atoms with Gasteiger partial charge in [0.15, 0.2) is 11.6 Å². The molecule has 49 heavy (non-hydrogen) atoms. The van der Waals surface area contributed by atoms with Crippen molar-refractivity contribution in [2.45, 2.75) is 37.5 Å². The van der Waals surface area contributed by atoms with E-state index in [1.807, 2.05) is 54.6 Å². The molecule has 0 amide bonds. The van der Waals surface area contributed by atoms with E-state index in [-0.39, 0.29) is 0 Å². The Morgan fingerprint density at radius 1 is 0.388 bits per heavy atom. The van der Waals surface area contributed by atoms with Gasteiger partial charge in [-0.15, -0.1) is 0 Å². The summed E-state index contributed by atoms with van der Waals surface area (Å²) >= 11 is 0. The number of benzene rings is 5. The number of fused-ring (bicyclic) bond motifs is 2. The van der Waals surface area contributed by atoms with Gasteiger partial charge in [-0.05, 0) is 67.2 Å². The number of nitrogens with zero attached hydrogens (tertiary/aromatic N) is 4. The first-order valence-electron chi connectivity index (χ1n) is 17.4. The molecule has 0 saturated heterocycles. The summed E-state index contributed by atoms with van der Waals surface area (Å²) in [4.78, 5) is 20.3. The average Bonchev–Trinajstić information content (AvgIpc) is 3.82. The van der Waals surface area contributed by atoms with Crippen LogP contribution in [0.25, 0.3) is 67.8 Å². The molecule has 0 spiro atoms. The van der Waals surface area contributed by atoms with Crippen molar-refractivity contribution in [1.29, 1.82) is 0 Å². The molecule has 2 aromatic heterocycles. The Kier molecular flexibility index (Phi) is 7.42. The van der Waals surface area contributed by atoms with Crippen LogP contribution in [0.5, 0.6) is 0 Å². The van der Waals surface area contributed by atoms with Crippen LogP contribution in [0.1, 0.15) is 37.7 Å². The zero-order valence-corrected chi connectivity index (χ0v) is 27.3. The minimum atomic E-state index is 0.342. The molecule has 4 nitrogen and oxygen atoms in total. The van der Waals surface area contributed by atoms with Crippen molar-refractivity contribution < 1.29 is 0 Å². The second-order valence-electron chi connectivity index (χ2n) is 13.6. The number of aromatic nitrogens is 4. The highest BCUT2D eigenvalue weighted by Gasteiger charge is 2.45. The third kappa shape index (κ3) is 5.74. The van der Waals surface area contributed by atoms with Crippen molar-refractivity contribution in [2.75, 3.05) is 0 Å². The molecule has 0 atom stereocenters. The van der Waals surface area contributed by atoms with Crippen LogP contribution in [0, 0.1) is 5.92 Å². The second-order valence-corrected chi connectivity index (χ2v) is 13.6. The number of hydrogen-bond donors (Lipinski definition) is 0. The van der Waals surface area contributed by atoms with Crippen LogP contribution >= 0.6 is 0 Å². The van der Waals surface area contributed by atoms with Gasteiger partial charge in [0.05, 0.1) is 22.8 Å². The summed E-state index contributed by atoms with van der Waals surface area (Å²) < 4.78 is 0. The van der Waals surface area contributed by atoms with Crippen molar-refractivity contribution in [3.05, 3.63) is 157 Å². The first kappa shape index (κ1) is 29.4. The molecule has 2 saturated carbocycles. The van der Waals surface area contributed by atoms with Crippen molar-refractivity contribution in [2.24, 2.45) is 5.92 Å².